The van der Waals surface area contributed by atoms with Gasteiger partial charge in [-0.3, -0.25) is 9.59 Å². The summed E-state index contributed by atoms with van der Waals surface area (Å²) >= 11 is 0. The summed E-state index contributed by atoms with van der Waals surface area (Å²) in [6.45, 7) is 17.9. The first-order chi connectivity index (χ1) is 36.0. The van der Waals surface area contributed by atoms with Gasteiger partial charge in [-0.25, -0.2) is 9.59 Å². The molecule has 1 aromatic rings. The molecule has 0 aliphatic heterocycles. The third-order valence-corrected chi connectivity index (χ3v) is 21.5. The molecule has 6 saturated carbocycles. The molecule has 9 rings (SSSR count). The van der Waals surface area contributed by atoms with Crippen LogP contribution >= 0.6 is 0 Å². The molecule has 1 aromatic carbocycles. The van der Waals surface area contributed by atoms with Gasteiger partial charge in [-0.05, 0) is 211 Å². The number of aliphatic carboxylic acids is 1. The first-order valence-corrected chi connectivity index (χ1v) is 29.3. The van der Waals surface area contributed by atoms with E-state index in [1.807, 2.05) is 13.0 Å². The lowest BCUT2D eigenvalue weighted by Crippen LogP contribution is -2.63. The first kappa shape index (κ1) is 56.3. The van der Waals surface area contributed by atoms with Gasteiger partial charge in [-0.2, -0.15) is 0 Å². The van der Waals surface area contributed by atoms with E-state index >= 15 is 0 Å². The summed E-state index contributed by atoms with van der Waals surface area (Å²) in [6.07, 6.45) is 12.4. The van der Waals surface area contributed by atoms with Crippen molar-refractivity contribution in [1.29, 1.82) is 0 Å². The van der Waals surface area contributed by atoms with Crippen molar-refractivity contribution in [2.24, 2.45) is 63.6 Å². The first-order valence-electron chi connectivity index (χ1n) is 29.3. The number of benzene rings is 1. The molecule has 418 valence electrons. The average molecular weight is 1050 g/mol. The topological polar surface area (TPSA) is 181 Å². The maximum absolute atomic E-state index is 13.6. The summed E-state index contributed by atoms with van der Waals surface area (Å²) in [5.74, 6) is 7.41. The van der Waals surface area contributed by atoms with Crippen molar-refractivity contribution in [2.75, 3.05) is 38.3 Å². The molecule has 0 radical (unpaired) electrons. The molecule has 0 heterocycles. The van der Waals surface area contributed by atoms with E-state index in [2.05, 4.69) is 81.1 Å². The van der Waals surface area contributed by atoms with Crippen molar-refractivity contribution in [3.8, 4) is 11.8 Å². The Bertz CT molecular complexity index is 2470. The van der Waals surface area contributed by atoms with Gasteiger partial charge in [0, 0.05) is 55.9 Å². The number of carbonyl (C=O) groups excluding carboxylic acids is 3. The maximum Gasteiger partial charge on any atom is 0.508 e. The highest BCUT2D eigenvalue weighted by Gasteiger charge is 2.67. The van der Waals surface area contributed by atoms with Crippen LogP contribution in [0, 0.1) is 75.4 Å². The van der Waals surface area contributed by atoms with Crippen molar-refractivity contribution in [3.05, 3.63) is 52.6 Å². The molecule has 8 aliphatic carbocycles. The van der Waals surface area contributed by atoms with E-state index in [0.29, 0.717) is 63.5 Å². The largest absolute Gasteiger partial charge is 0.508 e. The number of carbonyl (C=O) groups is 4. The van der Waals surface area contributed by atoms with E-state index in [1.54, 1.807) is 20.8 Å². The summed E-state index contributed by atoms with van der Waals surface area (Å²) < 4.78 is 24.2. The van der Waals surface area contributed by atoms with Crippen LogP contribution in [0.15, 0.2) is 47.1 Å². The number of rotatable bonds is 15. The number of amides is 1. The highest BCUT2D eigenvalue weighted by Crippen LogP contribution is 2.70. The molecular formula is C63H90N2O11. The monoisotopic (exact) mass is 1050 g/mol. The van der Waals surface area contributed by atoms with Crippen molar-refractivity contribution in [2.45, 2.75) is 200 Å². The highest BCUT2D eigenvalue weighted by atomic mass is 16.7. The summed E-state index contributed by atoms with van der Waals surface area (Å²) in [5.41, 5.74) is 4.02. The molecule has 0 spiro atoms. The van der Waals surface area contributed by atoms with Crippen molar-refractivity contribution >= 4 is 29.7 Å². The number of ketones is 1. The molecule has 13 heteroatoms. The Balaban J connectivity index is 0.861. The van der Waals surface area contributed by atoms with Gasteiger partial charge < -0.3 is 44.5 Å². The average Bonchev–Trinajstić information content (AvgIpc) is 3.96. The number of fused-ring (bicyclic) bond motifs is 9. The number of hydrogen-bond acceptors (Lipinski definition) is 11. The maximum atomic E-state index is 13.6. The van der Waals surface area contributed by atoms with Crippen LogP contribution in [0.1, 0.15) is 176 Å². The highest BCUT2D eigenvalue weighted by molar-refractivity contribution is 5.93. The molecule has 0 aromatic heterocycles. The lowest BCUT2D eigenvalue weighted by molar-refractivity contribution is -0.211. The SMILES string of the molecule is CC#C[C@@]1(O)CC[C@H]2[C@@H]3CCC4=CC(=O)CCC4=C3[C@@H](c3ccc(N(C)CCO[C@H]4CC[C@@]5(C)[C@@H](C4)C[C@@H](OC(=O)OCCCNC(=O)OC(C)(C)C)[C@@H]4[C@@H]5C[C@H](O)[C@]5(C)[C@@H]([C@H](C)CCC(=O)O)CC[C@@H]45)cc3)C[C@@]21C. The van der Waals surface area contributed by atoms with E-state index in [1.165, 1.54) is 22.3 Å². The molecule has 0 bridgehead atoms. The van der Waals surface area contributed by atoms with Gasteiger partial charge in [0.1, 0.15) is 17.3 Å². The van der Waals surface area contributed by atoms with Gasteiger partial charge in [0.05, 0.1) is 25.4 Å². The van der Waals surface area contributed by atoms with Gasteiger partial charge in [0.15, 0.2) is 5.78 Å². The van der Waals surface area contributed by atoms with Crippen molar-refractivity contribution < 1.29 is 53.4 Å². The second kappa shape index (κ2) is 22.0. The van der Waals surface area contributed by atoms with Crippen molar-refractivity contribution in [3.63, 3.8) is 0 Å². The quantitative estimate of drug-likeness (QED) is 0.0743. The van der Waals surface area contributed by atoms with Crippen molar-refractivity contribution in [1.82, 2.24) is 5.32 Å². The van der Waals surface area contributed by atoms with Crippen LogP contribution in [0.3, 0.4) is 0 Å². The van der Waals surface area contributed by atoms with Crippen LogP contribution in [0.2, 0.25) is 0 Å². The number of nitrogens with one attached hydrogen (secondary N) is 1. The number of allylic oxidation sites excluding steroid dienone is 4. The third-order valence-electron chi connectivity index (χ3n) is 21.5. The van der Waals surface area contributed by atoms with Gasteiger partial charge in [0.25, 0.3) is 0 Å². The zero-order valence-electron chi connectivity index (χ0n) is 47.2. The minimum atomic E-state index is -1.02. The number of carboxylic acid groups (broad SMARTS) is 1. The van der Waals surface area contributed by atoms with Crippen LogP contribution < -0.4 is 10.2 Å². The Morgan fingerprint density at radius 2 is 1.70 bits per heavy atom. The predicted molar refractivity (Wildman–Crippen MR) is 291 cm³/mol. The molecule has 4 N–H and O–H groups in total. The molecule has 0 saturated heterocycles. The number of anilines is 1. The minimum Gasteiger partial charge on any atom is -0.481 e. The molecule has 13 nitrogen and oxygen atoms in total. The standard InChI is InChI=1S/C63H90N2O11/c1-10-26-63(72)28-25-49-46-19-15-40-33-43(66)18-20-45(40)55(46)47(37-61(49,63)7)39-13-16-42(17-14-39)65(9)30-32-73-44-24-27-60(6)41(34-44)35-52(75-58(71)74-31-11-29-64-57(70)76-59(3,4)5)56-50-22-21-48(38(2)12-23-54(68)69)62(50,8)53(67)36-51(56)60/h13-14,16-17,33,38,41,44,46-53,56,67,72H,11-12,15,18-25,27-32,34-37H2,1-9H3,(H,64,70)(H,68,69)/t38-,41+,44+,46+,47-,48-,49+,50+,51+,52-,53+,56+,60+,61+,62-,63-/m1/s1. The smallest absolute Gasteiger partial charge is 0.481 e. The van der Waals surface area contributed by atoms with Gasteiger partial charge in [-0.1, -0.05) is 51.3 Å². The second-order valence-electron chi connectivity index (χ2n) is 26.5. The molecule has 8 aliphatic rings. The van der Waals surface area contributed by atoms with E-state index in [-0.39, 0.29) is 83.7 Å². The summed E-state index contributed by atoms with van der Waals surface area (Å²) in [7, 11) is 2.12. The lowest BCUT2D eigenvalue weighted by Gasteiger charge is -2.64. The number of hydrogen-bond donors (Lipinski definition) is 4. The van der Waals surface area contributed by atoms with Crippen LogP contribution in [0.4, 0.5) is 15.3 Å². The lowest BCUT2D eigenvalue weighted by atomic mass is 9.43. The van der Waals surface area contributed by atoms with Gasteiger partial charge >= 0.3 is 18.2 Å². The summed E-state index contributed by atoms with van der Waals surface area (Å²) in [5, 5.41) is 36.8. The van der Waals surface area contributed by atoms with Crippen LogP contribution in [0.25, 0.3) is 0 Å². The Labute approximate surface area is 453 Å². The molecule has 6 fully saturated rings. The number of nitrogens with zero attached hydrogens (tertiary/aromatic N) is 1. The molecule has 1 amide bonds. The minimum absolute atomic E-state index is 0.0262. The number of likely N-dealkylation sites (N-methyl/N-ethyl adjacent to an activating group) is 1. The fourth-order valence-corrected chi connectivity index (χ4v) is 17.6. The predicted octanol–water partition coefficient (Wildman–Crippen LogP) is 11.3. The Kier molecular flexibility index (Phi) is 16.3. The number of aliphatic hydroxyl groups excluding tert-OH is 1. The summed E-state index contributed by atoms with van der Waals surface area (Å²) in [6, 6.07) is 9.02. The molecular weight excluding hydrogens is 961 g/mol. The fourth-order valence-electron chi connectivity index (χ4n) is 17.6. The zero-order chi connectivity index (χ0) is 54.5. The number of alkyl carbamates (subject to hydrolysis) is 1. The Hall–Kier alpha value is -4.38. The van der Waals surface area contributed by atoms with Gasteiger partial charge in [0.2, 0.25) is 0 Å². The third kappa shape index (κ3) is 10.8. The molecule has 76 heavy (non-hydrogen) atoms. The van der Waals surface area contributed by atoms with Crippen LogP contribution in [-0.2, 0) is 28.5 Å². The Morgan fingerprint density at radius 3 is 2.42 bits per heavy atom. The molecule has 0 unspecified atom stereocenters. The number of carboxylic acids is 1. The number of ether oxygens (including phenoxy) is 4. The normalized spacial score (nSPS) is 37.8. The van der Waals surface area contributed by atoms with E-state index < -0.39 is 47.0 Å². The van der Waals surface area contributed by atoms with E-state index in [9.17, 15) is 34.5 Å². The number of aliphatic hydroxyl groups is 2. The van der Waals surface area contributed by atoms with E-state index in [0.717, 1.165) is 69.9 Å². The summed E-state index contributed by atoms with van der Waals surface area (Å²) in [4.78, 5) is 52.3. The van der Waals surface area contributed by atoms with Gasteiger partial charge in [-0.15, -0.1) is 5.92 Å². The molecule has 16 atom stereocenters. The van der Waals surface area contributed by atoms with Crippen LogP contribution in [0.5, 0.6) is 0 Å². The Morgan fingerprint density at radius 1 is 0.934 bits per heavy atom. The second-order valence-corrected chi connectivity index (χ2v) is 26.5. The van der Waals surface area contributed by atoms with E-state index in [4.69, 9.17) is 18.9 Å². The zero-order valence-corrected chi connectivity index (χ0v) is 47.2. The fraction of sp³-hybridized carbons (Fsp3) is 0.746. The van der Waals surface area contributed by atoms with Crippen LogP contribution in [-0.4, -0.2) is 102 Å².